The number of hydrogen-bond donors (Lipinski definition) is 1. The predicted molar refractivity (Wildman–Crippen MR) is 127 cm³/mol. The van der Waals surface area contributed by atoms with E-state index in [1.54, 1.807) is 23.5 Å². The van der Waals surface area contributed by atoms with Gasteiger partial charge in [-0.1, -0.05) is 36.0 Å². The molecule has 160 valence electrons. The van der Waals surface area contributed by atoms with Gasteiger partial charge in [0.2, 0.25) is 0 Å². The first kappa shape index (κ1) is 19.7. The Morgan fingerprint density at radius 3 is 2.44 bits per heavy atom. The van der Waals surface area contributed by atoms with E-state index >= 15 is 0 Å². The standard InChI is InChI=1S/C24H19N3O3S2/c28-20-19-14-7-1-2-10-17(14)32-21(19)26-24(25-20)31-12-11-27-22(29)15-8-3-5-13-6-4-9-16(18(13)15)23(27)30/h3-6,8-9H,1-2,7,10-12H2,(H,25,26,28). The van der Waals surface area contributed by atoms with Gasteiger partial charge in [-0.2, -0.15) is 0 Å². The van der Waals surface area contributed by atoms with E-state index < -0.39 is 0 Å². The quantitative estimate of drug-likeness (QED) is 0.277. The summed E-state index contributed by atoms with van der Waals surface area (Å²) in [6, 6.07) is 11.0. The summed E-state index contributed by atoms with van der Waals surface area (Å²) in [7, 11) is 0. The molecule has 2 aliphatic rings. The highest BCUT2D eigenvalue weighted by Gasteiger charge is 2.32. The molecule has 0 radical (unpaired) electrons. The van der Waals surface area contributed by atoms with E-state index in [1.165, 1.54) is 27.1 Å². The van der Waals surface area contributed by atoms with Gasteiger partial charge in [0.1, 0.15) is 4.83 Å². The average Bonchev–Trinajstić information content (AvgIpc) is 3.18. The van der Waals surface area contributed by atoms with Crippen LogP contribution < -0.4 is 5.56 Å². The summed E-state index contributed by atoms with van der Waals surface area (Å²) < 4.78 is 0. The van der Waals surface area contributed by atoms with Gasteiger partial charge < -0.3 is 4.98 Å². The fourth-order valence-electron chi connectivity index (χ4n) is 4.73. The number of H-pyrrole nitrogens is 1. The molecule has 2 amide bonds. The minimum absolute atomic E-state index is 0.0948. The average molecular weight is 462 g/mol. The zero-order valence-corrected chi connectivity index (χ0v) is 18.8. The van der Waals surface area contributed by atoms with E-state index in [1.807, 2.05) is 24.3 Å². The normalized spacial score (nSPS) is 15.6. The van der Waals surface area contributed by atoms with Gasteiger partial charge in [0.25, 0.3) is 17.4 Å². The largest absolute Gasteiger partial charge is 0.301 e. The van der Waals surface area contributed by atoms with Crippen LogP contribution in [0.4, 0.5) is 0 Å². The van der Waals surface area contributed by atoms with Crippen LogP contribution in [0.2, 0.25) is 0 Å². The van der Waals surface area contributed by atoms with E-state index in [4.69, 9.17) is 0 Å². The number of thiophene rings is 1. The highest BCUT2D eigenvalue weighted by Crippen LogP contribution is 2.34. The molecular formula is C24H19N3O3S2. The predicted octanol–water partition coefficient (Wildman–Crippen LogP) is 4.40. The van der Waals surface area contributed by atoms with Crippen molar-refractivity contribution in [2.45, 2.75) is 30.8 Å². The highest BCUT2D eigenvalue weighted by molar-refractivity contribution is 7.99. The van der Waals surface area contributed by atoms with Crippen molar-refractivity contribution in [3.8, 4) is 0 Å². The molecular weight excluding hydrogens is 442 g/mol. The first-order valence-corrected chi connectivity index (χ1v) is 12.5. The lowest BCUT2D eigenvalue weighted by Crippen LogP contribution is -2.41. The molecule has 4 aromatic rings. The van der Waals surface area contributed by atoms with Gasteiger partial charge in [0.15, 0.2) is 5.16 Å². The third-order valence-electron chi connectivity index (χ3n) is 6.21. The molecule has 0 saturated heterocycles. The Labute approximate surface area is 191 Å². The van der Waals surface area contributed by atoms with Crippen LogP contribution in [0.3, 0.4) is 0 Å². The maximum Gasteiger partial charge on any atom is 0.261 e. The van der Waals surface area contributed by atoms with E-state index in [0.29, 0.717) is 22.0 Å². The number of aromatic amines is 1. The first-order valence-electron chi connectivity index (χ1n) is 10.7. The van der Waals surface area contributed by atoms with Crippen molar-refractivity contribution in [3.63, 3.8) is 0 Å². The highest BCUT2D eigenvalue weighted by atomic mass is 32.2. The molecule has 2 aromatic carbocycles. The summed E-state index contributed by atoms with van der Waals surface area (Å²) in [4.78, 5) is 49.7. The number of benzene rings is 2. The van der Waals surface area contributed by atoms with Gasteiger partial charge in [-0.3, -0.25) is 19.3 Å². The number of carbonyl (C=O) groups excluding carboxylic acids is 2. The fourth-order valence-corrected chi connectivity index (χ4v) is 6.84. The van der Waals surface area contributed by atoms with Crippen LogP contribution in [0.5, 0.6) is 0 Å². The molecule has 1 aliphatic heterocycles. The van der Waals surface area contributed by atoms with Crippen LogP contribution in [-0.4, -0.2) is 39.0 Å². The molecule has 3 heterocycles. The summed E-state index contributed by atoms with van der Waals surface area (Å²) in [6.45, 7) is 0.246. The van der Waals surface area contributed by atoms with Crippen molar-refractivity contribution in [2.24, 2.45) is 0 Å². The second-order valence-electron chi connectivity index (χ2n) is 8.08. The maximum atomic E-state index is 13.0. The lowest BCUT2D eigenvalue weighted by molar-refractivity contribution is 0.0621. The molecule has 0 unspecified atom stereocenters. The van der Waals surface area contributed by atoms with Gasteiger partial charge in [-0.15, -0.1) is 11.3 Å². The summed E-state index contributed by atoms with van der Waals surface area (Å²) in [5, 5.41) is 2.89. The van der Waals surface area contributed by atoms with Crippen molar-refractivity contribution >= 4 is 55.9 Å². The SMILES string of the molecule is O=C1c2cccc3cccc(c23)C(=O)N1CCSc1nc2sc3c(c2c(=O)[nH]1)CCCC3. The summed E-state index contributed by atoms with van der Waals surface area (Å²) >= 11 is 2.98. The summed E-state index contributed by atoms with van der Waals surface area (Å²) in [5.41, 5.74) is 2.18. The Morgan fingerprint density at radius 2 is 1.69 bits per heavy atom. The van der Waals surface area contributed by atoms with Crippen LogP contribution in [0.15, 0.2) is 46.3 Å². The van der Waals surface area contributed by atoms with Gasteiger partial charge in [-0.25, -0.2) is 4.98 Å². The number of hydrogen-bond acceptors (Lipinski definition) is 6. The minimum Gasteiger partial charge on any atom is -0.301 e. The maximum absolute atomic E-state index is 13.0. The van der Waals surface area contributed by atoms with Crippen LogP contribution >= 0.6 is 23.1 Å². The van der Waals surface area contributed by atoms with Crippen molar-refractivity contribution in [1.82, 2.24) is 14.9 Å². The summed E-state index contributed by atoms with van der Waals surface area (Å²) in [5.74, 6) is -0.0970. The number of aromatic nitrogens is 2. The lowest BCUT2D eigenvalue weighted by Gasteiger charge is -2.26. The van der Waals surface area contributed by atoms with Crippen molar-refractivity contribution in [2.75, 3.05) is 12.3 Å². The molecule has 2 aromatic heterocycles. The van der Waals surface area contributed by atoms with Crippen LogP contribution in [0, 0.1) is 0 Å². The third-order valence-corrected chi connectivity index (χ3v) is 8.25. The number of amides is 2. The molecule has 0 bridgehead atoms. The Bertz CT molecular complexity index is 1440. The molecule has 0 fully saturated rings. The van der Waals surface area contributed by atoms with Gasteiger partial charge in [0, 0.05) is 33.7 Å². The van der Waals surface area contributed by atoms with Crippen LogP contribution in [0.1, 0.15) is 44.0 Å². The van der Waals surface area contributed by atoms with Crippen molar-refractivity contribution in [1.29, 1.82) is 0 Å². The Kier molecular flexibility index (Phi) is 4.66. The number of carbonyl (C=O) groups is 2. The fraction of sp³-hybridized carbons (Fsp3) is 0.250. The van der Waals surface area contributed by atoms with Crippen LogP contribution in [-0.2, 0) is 12.8 Å². The topological polar surface area (TPSA) is 83.1 Å². The molecule has 0 spiro atoms. The zero-order valence-electron chi connectivity index (χ0n) is 17.1. The van der Waals surface area contributed by atoms with Gasteiger partial charge >= 0.3 is 0 Å². The molecule has 32 heavy (non-hydrogen) atoms. The van der Waals surface area contributed by atoms with Crippen molar-refractivity contribution < 1.29 is 9.59 Å². The van der Waals surface area contributed by atoms with Crippen LogP contribution in [0.25, 0.3) is 21.0 Å². The molecule has 6 nitrogen and oxygen atoms in total. The molecule has 8 heteroatoms. The number of rotatable bonds is 4. The Morgan fingerprint density at radius 1 is 0.969 bits per heavy atom. The Balaban J connectivity index is 1.24. The van der Waals surface area contributed by atoms with E-state index in [0.717, 1.165) is 46.7 Å². The smallest absolute Gasteiger partial charge is 0.261 e. The first-order chi connectivity index (χ1) is 15.6. The number of fused-ring (bicyclic) bond motifs is 3. The Hall–Kier alpha value is -2.97. The second kappa shape index (κ2) is 7.56. The molecule has 1 aliphatic carbocycles. The third kappa shape index (κ3) is 3.01. The minimum atomic E-state index is -0.275. The van der Waals surface area contributed by atoms with E-state index in [9.17, 15) is 14.4 Å². The van der Waals surface area contributed by atoms with Gasteiger partial charge in [-0.05, 0) is 48.8 Å². The molecule has 6 rings (SSSR count). The number of nitrogens with one attached hydrogen (secondary N) is 1. The van der Waals surface area contributed by atoms with E-state index in [-0.39, 0.29) is 23.9 Å². The zero-order chi connectivity index (χ0) is 21.8. The molecule has 1 N–H and O–H groups in total. The number of aryl methyl sites for hydroxylation is 2. The monoisotopic (exact) mass is 461 g/mol. The summed E-state index contributed by atoms with van der Waals surface area (Å²) in [6.07, 6.45) is 4.24. The number of imide groups is 1. The number of nitrogens with zero attached hydrogens (tertiary/aromatic N) is 2. The van der Waals surface area contributed by atoms with Crippen molar-refractivity contribution in [3.05, 3.63) is 68.3 Å². The lowest BCUT2D eigenvalue weighted by atomic mass is 9.94. The van der Waals surface area contributed by atoms with Gasteiger partial charge in [0.05, 0.1) is 5.39 Å². The molecule has 0 saturated carbocycles. The van der Waals surface area contributed by atoms with E-state index in [2.05, 4.69) is 9.97 Å². The second-order valence-corrected chi connectivity index (χ2v) is 10.2. The number of thioether (sulfide) groups is 1. The molecule has 0 atom stereocenters.